The number of nitrogens with one attached hydrogen (secondary N) is 1. The summed E-state index contributed by atoms with van der Waals surface area (Å²) >= 11 is 5.91. The van der Waals surface area contributed by atoms with Gasteiger partial charge in [-0.3, -0.25) is 0 Å². The largest absolute Gasteiger partial charge is 0.478 e. The smallest absolute Gasteiger partial charge is 0.335 e. The molecule has 0 saturated carbocycles. The van der Waals surface area contributed by atoms with Gasteiger partial charge in [0.15, 0.2) is 0 Å². The van der Waals surface area contributed by atoms with Crippen LogP contribution in [0.4, 0.5) is 10.5 Å². The molecule has 0 aromatic heterocycles. The average Bonchev–Trinajstić information content (AvgIpc) is 2.40. The molecule has 1 aromatic rings. The zero-order chi connectivity index (χ0) is 16.0. The third-order valence-electron chi connectivity index (χ3n) is 2.65. The van der Waals surface area contributed by atoms with E-state index in [0.29, 0.717) is 0 Å². The molecule has 0 aliphatic heterocycles. The van der Waals surface area contributed by atoms with Gasteiger partial charge in [-0.1, -0.05) is 11.6 Å². The van der Waals surface area contributed by atoms with Gasteiger partial charge < -0.3 is 25.2 Å². The number of anilines is 1. The van der Waals surface area contributed by atoms with Crippen molar-refractivity contribution >= 4 is 29.3 Å². The minimum absolute atomic E-state index is 0.0109. The number of aliphatic hydroxyl groups is 1. The second-order valence-electron chi connectivity index (χ2n) is 4.42. The maximum Gasteiger partial charge on any atom is 0.335 e. The lowest BCUT2D eigenvalue weighted by Crippen LogP contribution is -2.38. The summed E-state index contributed by atoms with van der Waals surface area (Å²) in [6, 6.07) is 3.48. The van der Waals surface area contributed by atoms with E-state index >= 15 is 0 Å². The molecule has 7 nitrogen and oxygen atoms in total. The fourth-order valence-corrected chi connectivity index (χ4v) is 1.77. The number of hydrogen-bond acceptors (Lipinski definition) is 4. The lowest BCUT2D eigenvalue weighted by atomic mass is 10.2. The van der Waals surface area contributed by atoms with Crippen LogP contribution in [0.15, 0.2) is 18.2 Å². The highest BCUT2D eigenvalue weighted by atomic mass is 35.5. The highest BCUT2D eigenvalue weighted by Crippen LogP contribution is 2.23. The zero-order valence-electron chi connectivity index (χ0n) is 11.7. The number of carbonyl (C=O) groups excluding carboxylic acids is 1. The summed E-state index contributed by atoms with van der Waals surface area (Å²) in [7, 11) is 2.93. The number of methoxy groups -OCH3 is 1. The van der Waals surface area contributed by atoms with Gasteiger partial charge in [-0.15, -0.1) is 0 Å². The predicted molar refractivity (Wildman–Crippen MR) is 77.9 cm³/mol. The Hall–Kier alpha value is -1.83. The van der Waals surface area contributed by atoms with Crippen LogP contribution in [0.3, 0.4) is 0 Å². The number of benzene rings is 1. The van der Waals surface area contributed by atoms with Crippen molar-refractivity contribution < 1.29 is 24.5 Å². The van der Waals surface area contributed by atoms with Crippen LogP contribution in [-0.2, 0) is 4.74 Å². The van der Waals surface area contributed by atoms with Crippen molar-refractivity contribution in [2.45, 2.75) is 6.10 Å². The monoisotopic (exact) mass is 316 g/mol. The third-order valence-corrected chi connectivity index (χ3v) is 2.97. The minimum atomic E-state index is -1.12. The molecule has 0 spiro atoms. The van der Waals surface area contributed by atoms with Gasteiger partial charge in [0.05, 0.1) is 35.5 Å². The van der Waals surface area contributed by atoms with E-state index in [0.717, 1.165) is 0 Å². The second-order valence-corrected chi connectivity index (χ2v) is 4.83. The van der Waals surface area contributed by atoms with Crippen LogP contribution in [0, 0.1) is 0 Å². The number of carboxylic acid groups (broad SMARTS) is 1. The molecule has 0 fully saturated rings. The molecular weight excluding hydrogens is 300 g/mol. The lowest BCUT2D eigenvalue weighted by Gasteiger charge is -2.21. The van der Waals surface area contributed by atoms with E-state index in [2.05, 4.69) is 5.32 Å². The molecule has 0 aliphatic carbocycles. The summed E-state index contributed by atoms with van der Waals surface area (Å²) in [4.78, 5) is 24.1. The SMILES string of the molecule is COCC(O)CN(C)C(=O)Nc1cc(C(=O)O)ccc1Cl. The Balaban J connectivity index is 2.74. The quantitative estimate of drug-likeness (QED) is 0.739. The van der Waals surface area contributed by atoms with E-state index in [1.165, 1.54) is 37.3 Å². The van der Waals surface area contributed by atoms with Gasteiger partial charge in [0.25, 0.3) is 0 Å². The Bertz CT molecular complexity index is 523. The summed E-state index contributed by atoms with van der Waals surface area (Å²) in [5.41, 5.74) is 0.200. The number of aliphatic hydroxyl groups excluding tert-OH is 1. The van der Waals surface area contributed by atoms with E-state index < -0.39 is 18.1 Å². The topological polar surface area (TPSA) is 99.1 Å². The Morgan fingerprint density at radius 1 is 1.48 bits per heavy atom. The third kappa shape index (κ3) is 5.22. The van der Waals surface area contributed by atoms with E-state index in [4.69, 9.17) is 21.4 Å². The minimum Gasteiger partial charge on any atom is -0.478 e. The molecular formula is C13H17ClN2O5. The van der Waals surface area contributed by atoms with Gasteiger partial charge in [0.2, 0.25) is 0 Å². The fourth-order valence-electron chi connectivity index (χ4n) is 1.61. The number of ether oxygens (including phenoxy) is 1. The molecule has 0 saturated heterocycles. The highest BCUT2D eigenvalue weighted by molar-refractivity contribution is 6.33. The first-order chi connectivity index (χ1) is 9.85. The first-order valence-electron chi connectivity index (χ1n) is 6.07. The zero-order valence-corrected chi connectivity index (χ0v) is 12.4. The number of urea groups is 1. The number of hydrogen-bond donors (Lipinski definition) is 3. The molecule has 0 bridgehead atoms. The number of carbonyl (C=O) groups is 2. The molecule has 8 heteroatoms. The van der Waals surface area contributed by atoms with Crippen molar-refractivity contribution in [1.82, 2.24) is 4.90 Å². The number of halogens is 1. The van der Waals surface area contributed by atoms with Gasteiger partial charge in [-0.25, -0.2) is 9.59 Å². The maximum atomic E-state index is 11.9. The summed E-state index contributed by atoms with van der Waals surface area (Å²) in [6.07, 6.45) is -0.813. The number of likely N-dealkylation sites (N-methyl/N-ethyl adjacent to an activating group) is 1. The van der Waals surface area contributed by atoms with Crippen LogP contribution in [0.25, 0.3) is 0 Å². The standard InChI is InChI=1S/C13H17ClN2O5/c1-16(6-9(17)7-21-2)13(20)15-11-5-8(12(18)19)3-4-10(11)14/h3-5,9,17H,6-7H2,1-2H3,(H,15,20)(H,18,19). The molecule has 0 aliphatic rings. The molecule has 21 heavy (non-hydrogen) atoms. The molecule has 1 rings (SSSR count). The molecule has 2 amide bonds. The van der Waals surface area contributed by atoms with Crippen LogP contribution < -0.4 is 5.32 Å². The number of rotatable bonds is 6. The Morgan fingerprint density at radius 2 is 2.14 bits per heavy atom. The fraction of sp³-hybridized carbons (Fsp3) is 0.385. The number of aromatic carboxylic acids is 1. The number of carboxylic acids is 1. The van der Waals surface area contributed by atoms with Crippen LogP contribution in [0.5, 0.6) is 0 Å². The summed E-state index contributed by atoms with van der Waals surface area (Å²) in [5, 5.41) is 21.2. The van der Waals surface area contributed by atoms with Crippen molar-refractivity contribution in [2.24, 2.45) is 0 Å². The molecule has 1 atom stereocenters. The second kappa shape index (κ2) is 7.82. The van der Waals surface area contributed by atoms with Crippen molar-refractivity contribution in [3.8, 4) is 0 Å². The summed E-state index contributed by atoms with van der Waals surface area (Å²) in [6.45, 7) is 0.169. The van der Waals surface area contributed by atoms with E-state index in [1.54, 1.807) is 0 Å². The van der Waals surface area contributed by atoms with Gasteiger partial charge in [0, 0.05) is 14.2 Å². The Kier molecular flexibility index (Phi) is 6.41. The molecule has 0 radical (unpaired) electrons. The van der Waals surface area contributed by atoms with Crippen molar-refractivity contribution in [3.05, 3.63) is 28.8 Å². The predicted octanol–water partition coefficient (Wildman–Crippen LogP) is 1.51. The molecule has 0 heterocycles. The first kappa shape index (κ1) is 17.2. The van der Waals surface area contributed by atoms with E-state index in [-0.39, 0.29) is 29.4 Å². The average molecular weight is 317 g/mol. The van der Waals surface area contributed by atoms with Crippen molar-refractivity contribution in [2.75, 3.05) is 32.6 Å². The lowest BCUT2D eigenvalue weighted by molar-refractivity contribution is 0.0501. The van der Waals surface area contributed by atoms with Crippen LogP contribution in [0.1, 0.15) is 10.4 Å². The van der Waals surface area contributed by atoms with Crippen LogP contribution in [-0.4, -0.2) is 60.5 Å². The van der Waals surface area contributed by atoms with Gasteiger partial charge in [-0.2, -0.15) is 0 Å². The van der Waals surface area contributed by atoms with Gasteiger partial charge >= 0.3 is 12.0 Å². The van der Waals surface area contributed by atoms with Crippen LogP contribution >= 0.6 is 11.6 Å². The maximum absolute atomic E-state index is 11.9. The molecule has 116 valence electrons. The molecule has 1 unspecified atom stereocenters. The molecule has 3 N–H and O–H groups in total. The van der Waals surface area contributed by atoms with Crippen LogP contribution in [0.2, 0.25) is 5.02 Å². The Morgan fingerprint density at radius 3 is 2.71 bits per heavy atom. The van der Waals surface area contributed by atoms with Crippen molar-refractivity contribution in [1.29, 1.82) is 0 Å². The van der Waals surface area contributed by atoms with Gasteiger partial charge in [-0.05, 0) is 18.2 Å². The number of nitrogens with zero attached hydrogens (tertiary/aromatic N) is 1. The number of amides is 2. The first-order valence-corrected chi connectivity index (χ1v) is 6.45. The highest BCUT2D eigenvalue weighted by Gasteiger charge is 2.15. The van der Waals surface area contributed by atoms with E-state index in [1.807, 2.05) is 0 Å². The molecule has 1 aromatic carbocycles. The summed E-state index contributed by atoms with van der Waals surface area (Å²) < 4.78 is 4.77. The summed E-state index contributed by atoms with van der Waals surface area (Å²) in [5.74, 6) is -1.12. The normalized spacial score (nSPS) is 11.8. The van der Waals surface area contributed by atoms with E-state index in [9.17, 15) is 14.7 Å². The Labute approximate surface area is 127 Å². The van der Waals surface area contributed by atoms with Crippen molar-refractivity contribution in [3.63, 3.8) is 0 Å². The van der Waals surface area contributed by atoms with Gasteiger partial charge in [0.1, 0.15) is 0 Å².